The second-order valence-corrected chi connectivity index (χ2v) is 10.3. The van der Waals surface area contributed by atoms with Gasteiger partial charge in [-0.25, -0.2) is 0 Å². The molecule has 0 amide bonds. The largest absolute Gasteiger partial charge is 0.507 e. The third-order valence-corrected chi connectivity index (χ3v) is 7.02. The molecule has 0 aliphatic carbocycles. The second kappa shape index (κ2) is 17.5. The fourth-order valence-corrected chi connectivity index (χ4v) is 4.66. The number of aromatic nitrogens is 2. The first-order valence-electron chi connectivity index (χ1n) is 15.0. The fourth-order valence-electron chi connectivity index (χ4n) is 4.66. The highest BCUT2D eigenvalue weighted by molar-refractivity contribution is 5.72. The predicted octanol–water partition coefficient (Wildman–Crippen LogP) is 9.71. The minimum Gasteiger partial charge on any atom is -0.507 e. The van der Waals surface area contributed by atoms with Gasteiger partial charge in [-0.05, 0) is 55.3 Å². The Morgan fingerprint density at radius 3 is 1.76 bits per heavy atom. The Hall–Kier alpha value is -2.95. The number of unbranched alkanes of at least 4 members (excludes halogenated alkanes) is 12. The normalized spacial score (nSPS) is 11.1. The lowest BCUT2D eigenvalue weighted by atomic mass is 10.1. The van der Waals surface area contributed by atoms with Gasteiger partial charge in [-0.15, -0.1) is 0 Å². The minimum absolute atomic E-state index is 0.188. The highest BCUT2D eigenvalue weighted by atomic mass is 16.5. The maximum absolute atomic E-state index is 10.6. The van der Waals surface area contributed by atoms with Crippen LogP contribution in [0, 0.1) is 0 Å². The van der Waals surface area contributed by atoms with Crippen LogP contribution >= 0.6 is 0 Å². The van der Waals surface area contributed by atoms with Gasteiger partial charge in [-0.2, -0.15) is 5.10 Å². The number of phenolic OH excluding ortho intramolecular Hbond substituents is 1. The van der Waals surface area contributed by atoms with Gasteiger partial charge < -0.3 is 14.6 Å². The van der Waals surface area contributed by atoms with Gasteiger partial charge in [0.25, 0.3) is 0 Å². The van der Waals surface area contributed by atoms with Crippen molar-refractivity contribution in [2.45, 2.75) is 104 Å². The van der Waals surface area contributed by atoms with E-state index in [0.29, 0.717) is 17.9 Å². The van der Waals surface area contributed by atoms with Crippen molar-refractivity contribution in [1.29, 1.82) is 0 Å². The second-order valence-electron chi connectivity index (χ2n) is 10.3. The molecule has 0 aliphatic heterocycles. The number of aromatic amines is 1. The molecule has 2 N–H and O–H groups in total. The van der Waals surface area contributed by atoms with Crippen LogP contribution < -0.4 is 9.47 Å². The summed E-state index contributed by atoms with van der Waals surface area (Å²) in [4.78, 5) is 0. The van der Waals surface area contributed by atoms with Crippen LogP contribution in [0.4, 0.5) is 0 Å². The Kier molecular flexibility index (Phi) is 13.7. The zero-order chi connectivity index (χ0) is 26.8. The fraction of sp³-hybridized carbons (Fsp3) is 0.545. The molecule has 0 fully saturated rings. The molecule has 5 heteroatoms. The molecule has 0 unspecified atom stereocenters. The molecule has 0 spiro atoms. The molecule has 38 heavy (non-hydrogen) atoms. The van der Waals surface area contributed by atoms with Gasteiger partial charge in [0, 0.05) is 17.2 Å². The van der Waals surface area contributed by atoms with Crippen molar-refractivity contribution in [2.75, 3.05) is 13.2 Å². The number of ether oxygens (including phenoxy) is 2. The van der Waals surface area contributed by atoms with Crippen molar-refractivity contribution in [3.05, 3.63) is 48.5 Å². The maximum atomic E-state index is 10.6. The molecule has 2 aromatic carbocycles. The van der Waals surface area contributed by atoms with Crippen molar-refractivity contribution in [3.8, 4) is 39.8 Å². The third-order valence-electron chi connectivity index (χ3n) is 7.02. The van der Waals surface area contributed by atoms with Crippen molar-refractivity contribution in [1.82, 2.24) is 10.2 Å². The number of hydrogen-bond donors (Lipinski definition) is 2. The van der Waals surface area contributed by atoms with Gasteiger partial charge >= 0.3 is 0 Å². The van der Waals surface area contributed by atoms with E-state index in [1.807, 2.05) is 42.5 Å². The van der Waals surface area contributed by atoms with Crippen molar-refractivity contribution >= 4 is 0 Å². The summed E-state index contributed by atoms with van der Waals surface area (Å²) >= 11 is 0. The average molecular weight is 521 g/mol. The molecule has 3 aromatic rings. The molecule has 1 aromatic heterocycles. The van der Waals surface area contributed by atoms with Crippen LogP contribution in [0.3, 0.4) is 0 Å². The monoisotopic (exact) mass is 520 g/mol. The summed E-state index contributed by atoms with van der Waals surface area (Å²) in [6.07, 6.45) is 17.8. The maximum Gasteiger partial charge on any atom is 0.128 e. The smallest absolute Gasteiger partial charge is 0.128 e. The quantitative estimate of drug-likeness (QED) is 0.145. The number of hydrogen-bond acceptors (Lipinski definition) is 4. The summed E-state index contributed by atoms with van der Waals surface area (Å²) < 4.78 is 11.7. The number of phenols is 1. The Balaban J connectivity index is 1.39. The van der Waals surface area contributed by atoms with E-state index in [1.165, 1.54) is 77.0 Å². The summed E-state index contributed by atoms with van der Waals surface area (Å²) in [5.41, 5.74) is 3.31. The van der Waals surface area contributed by atoms with Crippen molar-refractivity contribution in [2.24, 2.45) is 0 Å². The molecular weight excluding hydrogens is 472 g/mol. The van der Waals surface area contributed by atoms with Crippen LogP contribution in [-0.4, -0.2) is 28.5 Å². The van der Waals surface area contributed by atoms with E-state index in [2.05, 4.69) is 24.0 Å². The molecule has 3 rings (SSSR count). The minimum atomic E-state index is 0.188. The van der Waals surface area contributed by atoms with Crippen LogP contribution in [0.25, 0.3) is 22.5 Å². The highest BCUT2D eigenvalue weighted by Gasteiger charge is 2.11. The summed E-state index contributed by atoms with van der Waals surface area (Å²) in [6, 6.07) is 15.5. The Bertz CT molecular complexity index is 1030. The van der Waals surface area contributed by atoms with Crippen molar-refractivity contribution < 1.29 is 14.6 Å². The zero-order valence-electron chi connectivity index (χ0n) is 23.6. The number of benzene rings is 2. The molecule has 0 saturated carbocycles. The Morgan fingerprint density at radius 2 is 1.16 bits per heavy atom. The first-order valence-corrected chi connectivity index (χ1v) is 15.0. The highest BCUT2D eigenvalue weighted by Crippen LogP contribution is 2.33. The summed E-state index contributed by atoms with van der Waals surface area (Å²) in [7, 11) is 0. The van der Waals surface area contributed by atoms with Gasteiger partial charge in [0.1, 0.15) is 17.2 Å². The van der Waals surface area contributed by atoms with Gasteiger partial charge in [-0.1, -0.05) is 90.9 Å². The number of aromatic hydroxyl groups is 1. The van der Waals surface area contributed by atoms with E-state index in [-0.39, 0.29) is 5.75 Å². The third kappa shape index (κ3) is 10.4. The van der Waals surface area contributed by atoms with Gasteiger partial charge in [0.2, 0.25) is 0 Å². The number of rotatable bonds is 20. The molecule has 1 heterocycles. The summed E-state index contributed by atoms with van der Waals surface area (Å²) in [6.45, 7) is 5.91. The molecular formula is C33H48N2O3. The lowest BCUT2D eigenvalue weighted by Gasteiger charge is -2.09. The summed E-state index contributed by atoms with van der Waals surface area (Å²) in [5, 5.41) is 18.1. The number of nitrogens with zero attached hydrogens (tertiary/aromatic N) is 1. The molecule has 5 nitrogen and oxygen atoms in total. The SMILES string of the molecule is CCCCCCCCCCCCOc1ccc(-c2cc(-c3ccc(OCCCCCC)cc3)n[nH]2)c(O)c1. The van der Waals surface area contributed by atoms with E-state index >= 15 is 0 Å². The standard InChI is InChI=1S/C33H48N2O3/c1-3-5-7-9-10-11-12-13-14-16-24-38-29-21-22-30(33(36)25-29)32-26-31(34-35-32)27-17-19-28(20-18-27)37-23-15-8-6-4-2/h17-22,25-26,36H,3-16,23-24H2,1-2H3,(H,34,35). The first-order chi connectivity index (χ1) is 18.7. The van der Waals surface area contributed by atoms with Crippen molar-refractivity contribution in [3.63, 3.8) is 0 Å². The Morgan fingerprint density at radius 1 is 0.632 bits per heavy atom. The van der Waals surface area contributed by atoms with E-state index in [1.54, 1.807) is 6.07 Å². The van der Waals surface area contributed by atoms with Gasteiger partial charge in [-0.3, -0.25) is 5.10 Å². The first kappa shape index (κ1) is 29.6. The number of nitrogens with one attached hydrogen (secondary N) is 1. The molecule has 0 bridgehead atoms. The lowest BCUT2D eigenvalue weighted by molar-refractivity contribution is 0.302. The molecule has 0 radical (unpaired) electrons. The molecule has 0 atom stereocenters. The number of H-pyrrole nitrogens is 1. The van der Waals surface area contributed by atoms with Gasteiger partial charge in [0.15, 0.2) is 0 Å². The Labute approximate surface area is 230 Å². The van der Waals surface area contributed by atoms with E-state index in [9.17, 15) is 5.11 Å². The van der Waals surface area contributed by atoms with E-state index < -0.39 is 0 Å². The van der Waals surface area contributed by atoms with Crippen LogP contribution in [-0.2, 0) is 0 Å². The molecule has 0 aliphatic rings. The topological polar surface area (TPSA) is 67.4 Å². The van der Waals surface area contributed by atoms with Crippen LogP contribution in [0.15, 0.2) is 48.5 Å². The van der Waals surface area contributed by atoms with Crippen LogP contribution in [0.5, 0.6) is 17.2 Å². The predicted molar refractivity (Wildman–Crippen MR) is 158 cm³/mol. The van der Waals surface area contributed by atoms with Gasteiger partial charge in [0.05, 0.1) is 24.6 Å². The van der Waals surface area contributed by atoms with E-state index in [0.717, 1.165) is 42.1 Å². The lowest BCUT2D eigenvalue weighted by Crippen LogP contribution is -1.97. The van der Waals surface area contributed by atoms with E-state index in [4.69, 9.17) is 9.47 Å². The van der Waals surface area contributed by atoms with Crippen LogP contribution in [0.1, 0.15) is 104 Å². The summed E-state index contributed by atoms with van der Waals surface area (Å²) in [5.74, 6) is 1.77. The van der Waals surface area contributed by atoms with Crippen LogP contribution in [0.2, 0.25) is 0 Å². The average Bonchev–Trinajstić information content (AvgIpc) is 3.42. The zero-order valence-corrected chi connectivity index (χ0v) is 23.6. The molecule has 0 saturated heterocycles. The molecule has 208 valence electrons.